The summed E-state index contributed by atoms with van der Waals surface area (Å²) in [6.07, 6.45) is -16.5. The summed E-state index contributed by atoms with van der Waals surface area (Å²) in [5, 5.41) is 20.5. The Kier molecular flexibility index (Phi) is 4.79. The maximum Gasteiger partial charge on any atom is 0.433 e. The van der Waals surface area contributed by atoms with Gasteiger partial charge in [-0.2, -0.15) is 49.9 Å². The van der Waals surface area contributed by atoms with Gasteiger partial charge >= 0.3 is 24.5 Å². The Morgan fingerprint density at radius 2 is 1.57 bits per heavy atom. The molecule has 0 aromatic carbocycles. The fourth-order valence-electron chi connectivity index (χ4n) is 2.01. The van der Waals surface area contributed by atoms with Gasteiger partial charge in [-0.05, 0) is 6.07 Å². The summed E-state index contributed by atoms with van der Waals surface area (Å²) in [6.45, 7) is 0. The van der Waals surface area contributed by atoms with Crippen molar-refractivity contribution >= 4 is 5.97 Å². The van der Waals surface area contributed by atoms with Crippen LogP contribution in [0.25, 0.3) is 5.82 Å². The number of carboxylic acid groups (broad SMARTS) is 1. The third-order valence-electron chi connectivity index (χ3n) is 3.13. The average molecular weight is 418 g/mol. The number of aromatic carboxylic acids is 1. The van der Waals surface area contributed by atoms with Crippen LogP contribution < -0.4 is 0 Å². The van der Waals surface area contributed by atoms with Crippen LogP contribution in [0.4, 0.5) is 39.5 Å². The van der Waals surface area contributed by atoms with Gasteiger partial charge in [0, 0.05) is 6.07 Å². The number of alkyl halides is 9. The minimum absolute atomic E-state index is 0.126. The van der Waals surface area contributed by atoms with Gasteiger partial charge in [0.2, 0.25) is 0 Å². The van der Waals surface area contributed by atoms with Crippen molar-refractivity contribution in [1.82, 2.24) is 14.8 Å². The lowest BCUT2D eigenvalue weighted by Crippen LogP contribution is -2.21. The van der Waals surface area contributed by atoms with Crippen LogP contribution in [-0.4, -0.2) is 25.8 Å². The SMILES string of the molecule is N#Cc1c(C(F)(F)F)cc(C(F)(F)F)nc1-n1nc(C(=O)O)cc1C(F)(F)F. The predicted octanol–water partition coefficient (Wildman–Crippen LogP) is 3.89. The van der Waals surface area contributed by atoms with Gasteiger partial charge in [-0.3, -0.25) is 0 Å². The van der Waals surface area contributed by atoms with Crippen molar-refractivity contribution < 1.29 is 49.4 Å². The highest BCUT2D eigenvalue weighted by molar-refractivity contribution is 5.85. The van der Waals surface area contributed by atoms with Gasteiger partial charge in [0.05, 0.1) is 5.56 Å². The van der Waals surface area contributed by atoms with E-state index in [2.05, 4.69) is 10.1 Å². The number of hydrogen-bond acceptors (Lipinski definition) is 4. The van der Waals surface area contributed by atoms with Crippen LogP contribution in [0, 0.1) is 11.3 Å². The number of carboxylic acids is 1. The first-order valence-corrected chi connectivity index (χ1v) is 6.57. The number of pyridine rings is 1. The first-order chi connectivity index (χ1) is 12.6. The summed E-state index contributed by atoms with van der Waals surface area (Å²) in [7, 11) is 0. The molecule has 0 fully saturated rings. The first kappa shape index (κ1) is 21.0. The number of hydrogen-bond donors (Lipinski definition) is 1. The molecule has 15 heteroatoms. The summed E-state index contributed by atoms with van der Waals surface area (Å²) in [4.78, 5) is 13.5. The number of halogens is 9. The van der Waals surface area contributed by atoms with Gasteiger partial charge in [0.25, 0.3) is 0 Å². The molecule has 0 aliphatic rings. The average Bonchev–Trinajstić information content (AvgIpc) is 2.97. The van der Waals surface area contributed by atoms with Crippen LogP contribution in [0.15, 0.2) is 12.1 Å². The van der Waals surface area contributed by atoms with E-state index in [1.165, 1.54) is 0 Å². The minimum Gasteiger partial charge on any atom is -0.476 e. The molecule has 1 N–H and O–H groups in total. The molecule has 0 aliphatic carbocycles. The second-order valence-corrected chi connectivity index (χ2v) is 4.99. The fourth-order valence-corrected chi connectivity index (χ4v) is 2.01. The smallest absolute Gasteiger partial charge is 0.433 e. The van der Waals surface area contributed by atoms with Crippen molar-refractivity contribution in [3.05, 3.63) is 40.3 Å². The van der Waals surface area contributed by atoms with Crippen LogP contribution in [0.5, 0.6) is 0 Å². The molecule has 0 spiro atoms. The molecule has 0 saturated heterocycles. The molecule has 6 nitrogen and oxygen atoms in total. The molecule has 2 aromatic heterocycles. The van der Waals surface area contributed by atoms with Crippen molar-refractivity contribution in [2.75, 3.05) is 0 Å². The highest BCUT2D eigenvalue weighted by Crippen LogP contribution is 2.39. The molecule has 0 unspecified atom stereocenters. The third-order valence-corrected chi connectivity index (χ3v) is 3.13. The van der Waals surface area contributed by atoms with E-state index in [0.717, 1.165) is 6.07 Å². The maximum atomic E-state index is 13.1. The zero-order chi connectivity index (χ0) is 21.7. The lowest BCUT2D eigenvalue weighted by atomic mass is 10.1. The lowest BCUT2D eigenvalue weighted by Gasteiger charge is -2.17. The number of nitriles is 1. The lowest BCUT2D eigenvalue weighted by molar-refractivity contribution is -0.145. The number of carbonyl (C=O) groups is 1. The Labute approximate surface area is 147 Å². The van der Waals surface area contributed by atoms with Crippen LogP contribution in [0.1, 0.15) is 33.0 Å². The van der Waals surface area contributed by atoms with Gasteiger partial charge in [-0.15, -0.1) is 0 Å². The molecule has 0 bridgehead atoms. The molecule has 28 heavy (non-hydrogen) atoms. The number of aromatic nitrogens is 3. The number of nitrogens with zero attached hydrogens (tertiary/aromatic N) is 4. The highest BCUT2D eigenvalue weighted by Gasteiger charge is 2.43. The minimum atomic E-state index is -5.57. The Balaban J connectivity index is 3.01. The van der Waals surface area contributed by atoms with Crippen LogP contribution >= 0.6 is 0 Å². The molecule has 150 valence electrons. The van der Waals surface area contributed by atoms with E-state index in [9.17, 15) is 44.3 Å². The Bertz CT molecular complexity index is 980. The maximum absolute atomic E-state index is 13.1. The van der Waals surface area contributed by atoms with Crippen molar-refractivity contribution in [3.63, 3.8) is 0 Å². The van der Waals surface area contributed by atoms with Gasteiger partial charge in [-0.25, -0.2) is 14.5 Å². The zero-order valence-corrected chi connectivity index (χ0v) is 12.7. The van der Waals surface area contributed by atoms with E-state index >= 15 is 0 Å². The molecule has 2 heterocycles. The zero-order valence-electron chi connectivity index (χ0n) is 12.7. The summed E-state index contributed by atoms with van der Waals surface area (Å²) in [6, 6.07) is 0.169. The van der Waals surface area contributed by atoms with E-state index in [1.54, 1.807) is 0 Å². The molecular formula is C13H3F9N4O2. The van der Waals surface area contributed by atoms with Crippen molar-refractivity contribution in [2.45, 2.75) is 18.5 Å². The van der Waals surface area contributed by atoms with Crippen molar-refractivity contribution in [2.24, 2.45) is 0 Å². The quantitative estimate of drug-likeness (QED) is 0.748. The largest absolute Gasteiger partial charge is 0.476 e. The fraction of sp³-hybridized carbons (Fsp3) is 0.231. The molecule has 0 aliphatic heterocycles. The third kappa shape index (κ3) is 3.85. The molecule has 2 rings (SSSR count). The van der Waals surface area contributed by atoms with E-state index < -0.39 is 69.3 Å². The van der Waals surface area contributed by atoms with Crippen molar-refractivity contribution in [1.29, 1.82) is 5.26 Å². The highest BCUT2D eigenvalue weighted by atomic mass is 19.4. The standard InChI is InChI=1S/C13H3F9N4O2/c14-11(15,16)5-1-7(12(17,18)19)24-9(4(5)3-23)26-8(13(20,21)22)2-6(25-26)10(27)28/h1-2H,(H,27,28). The second-order valence-electron chi connectivity index (χ2n) is 4.99. The second kappa shape index (κ2) is 6.39. The van der Waals surface area contributed by atoms with Crippen molar-refractivity contribution in [3.8, 4) is 11.9 Å². The molecular weight excluding hydrogens is 415 g/mol. The van der Waals surface area contributed by atoms with E-state index in [1.807, 2.05) is 0 Å². The van der Waals surface area contributed by atoms with Gasteiger partial charge in [0.1, 0.15) is 17.3 Å². The Morgan fingerprint density at radius 1 is 1.00 bits per heavy atom. The monoisotopic (exact) mass is 418 g/mol. The summed E-state index contributed by atoms with van der Waals surface area (Å²) < 4.78 is 117. The number of rotatable bonds is 2. The van der Waals surface area contributed by atoms with Crippen LogP contribution in [-0.2, 0) is 18.5 Å². The van der Waals surface area contributed by atoms with Crippen LogP contribution in [0.2, 0.25) is 0 Å². The van der Waals surface area contributed by atoms with Gasteiger partial charge in [-0.1, -0.05) is 0 Å². The molecule has 2 aromatic rings. The van der Waals surface area contributed by atoms with E-state index in [-0.39, 0.29) is 6.07 Å². The van der Waals surface area contributed by atoms with Crippen LogP contribution in [0.3, 0.4) is 0 Å². The van der Waals surface area contributed by atoms with Gasteiger partial charge < -0.3 is 5.11 Å². The van der Waals surface area contributed by atoms with E-state index in [4.69, 9.17) is 10.4 Å². The topological polar surface area (TPSA) is 91.8 Å². The predicted molar refractivity (Wildman–Crippen MR) is 68.0 cm³/mol. The summed E-state index contributed by atoms with van der Waals surface area (Å²) in [5.41, 5.74) is -9.56. The summed E-state index contributed by atoms with van der Waals surface area (Å²) in [5.74, 6) is -3.82. The molecule has 0 saturated carbocycles. The van der Waals surface area contributed by atoms with E-state index in [0.29, 0.717) is 0 Å². The normalized spacial score (nSPS) is 12.7. The van der Waals surface area contributed by atoms with Gasteiger partial charge in [0.15, 0.2) is 17.2 Å². The summed E-state index contributed by atoms with van der Waals surface area (Å²) >= 11 is 0. The Hall–Kier alpha value is -3.31. The molecule has 0 radical (unpaired) electrons. The Morgan fingerprint density at radius 3 is 1.96 bits per heavy atom. The molecule has 0 atom stereocenters. The molecule has 0 amide bonds. The first-order valence-electron chi connectivity index (χ1n) is 6.57.